The van der Waals surface area contributed by atoms with Gasteiger partial charge in [-0.25, -0.2) is 4.98 Å². The van der Waals surface area contributed by atoms with E-state index >= 15 is 0 Å². The number of carbonyl (C=O) groups excluding carboxylic acids is 1. The third-order valence-corrected chi connectivity index (χ3v) is 6.33. The van der Waals surface area contributed by atoms with Crippen LogP contribution in [0.25, 0.3) is 22.3 Å². The molecule has 3 aromatic heterocycles. The topological polar surface area (TPSA) is 66.8 Å². The molecular weight excluding hydrogens is 386 g/mol. The molecule has 0 radical (unpaired) electrons. The number of rotatable bonds is 6. The first kappa shape index (κ1) is 19.5. The largest absolute Gasteiger partial charge is 0.346 e. The van der Waals surface area contributed by atoms with E-state index in [1.807, 2.05) is 30.5 Å². The number of aryl methyl sites for hydroxylation is 1. The lowest BCUT2D eigenvalue weighted by Gasteiger charge is -2.21. The van der Waals surface area contributed by atoms with Crippen molar-refractivity contribution in [2.24, 2.45) is 5.92 Å². The maximum Gasteiger partial charge on any atom is 0.223 e. The Hall–Kier alpha value is -3.41. The van der Waals surface area contributed by atoms with Crippen LogP contribution in [0.4, 0.5) is 0 Å². The van der Waals surface area contributed by atoms with E-state index in [2.05, 4.69) is 57.1 Å². The number of carbonyl (C=O) groups is 1. The lowest BCUT2D eigenvalue weighted by Crippen LogP contribution is -2.34. The molecule has 158 valence electrons. The molecule has 0 unspecified atom stereocenters. The Labute approximate surface area is 181 Å². The van der Waals surface area contributed by atoms with Gasteiger partial charge in [-0.15, -0.1) is 0 Å². The summed E-state index contributed by atoms with van der Waals surface area (Å²) in [7, 11) is 0. The van der Waals surface area contributed by atoms with Gasteiger partial charge in [0.2, 0.25) is 5.91 Å². The highest BCUT2D eigenvalue weighted by Crippen LogP contribution is 2.28. The monoisotopic (exact) mass is 413 g/mol. The highest BCUT2D eigenvalue weighted by atomic mass is 16.2. The normalized spacial score (nSPS) is 18.7. The second-order valence-corrected chi connectivity index (χ2v) is 8.54. The number of H-pyrrole nitrogens is 1. The van der Waals surface area contributed by atoms with Gasteiger partial charge in [0.05, 0.1) is 22.9 Å². The van der Waals surface area contributed by atoms with Crippen molar-refractivity contribution in [3.05, 3.63) is 72.7 Å². The number of aromatic amines is 1. The van der Waals surface area contributed by atoms with Crippen molar-refractivity contribution in [3.8, 4) is 11.3 Å². The fraction of sp³-hybridized carbons (Fsp3) is 0.320. The van der Waals surface area contributed by atoms with Crippen LogP contribution in [0.15, 0.2) is 67.1 Å². The summed E-state index contributed by atoms with van der Waals surface area (Å²) in [6.45, 7) is 3.91. The minimum atomic E-state index is 0.266. The minimum Gasteiger partial charge on any atom is -0.346 e. The Balaban J connectivity index is 1.23. The first-order valence-corrected chi connectivity index (χ1v) is 11.0. The summed E-state index contributed by atoms with van der Waals surface area (Å²) in [5.41, 5.74) is 5.25. The molecule has 1 aliphatic rings. The molecule has 0 saturated carbocycles. The number of nitrogens with one attached hydrogen (secondary N) is 1. The molecule has 2 atom stereocenters. The van der Waals surface area contributed by atoms with E-state index < -0.39 is 0 Å². The maximum atomic E-state index is 12.8. The molecule has 31 heavy (non-hydrogen) atoms. The van der Waals surface area contributed by atoms with E-state index in [1.165, 1.54) is 5.56 Å². The van der Waals surface area contributed by atoms with Crippen LogP contribution in [0.3, 0.4) is 0 Å². The predicted octanol–water partition coefficient (Wildman–Crippen LogP) is 4.30. The number of benzene rings is 1. The van der Waals surface area contributed by atoms with Crippen molar-refractivity contribution in [2.45, 2.75) is 38.8 Å². The summed E-state index contributed by atoms with van der Waals surface area (Å²) >= 11 is 0. The lowest BCUT2D eigenvalue weighted by molar-refractivity contribution is -0.131. The van der Waals surface area contributed by atoms with Gasteiger partial charge in [-0.3, -0.25) is 9.89 Å². The Bertz CT molecular complexity index is 1170. The molecule has 1 saturated heterocycles. The molecule has 1 amide bonds. The summed E-state index contributed by atoms with van der Waals surface area (Å²) in [4.78, 5) is 19.7. The van der Waals surface area contributed by atoms with E-state index in [4.69, 9.17) is 4.98 Å². The first-order valence-electron chi connectivity index (χ1n) is 11.0. The molecule has 0 spiro atoms. The van der Waals surface area contributed by atoms with Crippen molar-refractivity contribution < 1.29 is 4.79 Å². The Kier molecular flexibility index (Phi) is 5.28. The van der Waals surface area contributed by atoms with Crippen LogP contribution in [-0.2, 0) is 17.8 Å². The number of fused-ring (bicyclic) bond motifs is 1. The van der Waals surface area contributed by atoms with Crippen molar-refractivity contribution in [2.75, 3.05) is 6.54 Å². The smallest absolute Gasteiger partial charge is 0.223 e. The van der Waals surface area contributed by atoms with Gasteiger partial charge in [0, 0.05) is 43.5 Å². The van der Waals surface area contributed by atoms with E-state index in [9.17, 15) is 4.79 Å². The zero-order valence-corrected chi connectivity index (χ0v) is 17.7. The summed E-state index contributed by atoms with van der Waals surface area (Å²) in [6.07, 6.45) is 8.18. The highest BCUT2D eigenvalue weighted by molar-refractivity contribution is 5.79. The Morgan fingerprint density at radius 2 is 2.03 bits per heavy atom. The van der Waals surface area contributed by atoms with Crippen LogP contribution < -0.4 is 0 Å². The van der Waals surface area contributed by atoms with E-state index in [1.54, 1.807) is 6.20 Å². The molecule has 0 bridgehead atoms. The van der Waals surface area contributed by atoms with Gasteiger partial charge in [-0.1, -0.05) is 30.3 Å². The molecule has 0 aliphatic carbocycles. The number of likely N-dealkylation sites (tertiary alicyclic amines) is 1. The Morgan fingerprint density at radius 3 is 2.84 bits per heavy atom. The molecule has 6 nitrogen and oxygen atoms in total. The molecular formula is C25H27N5O. The summed E-state index contributed by atoms with van der Waals surface area (Å²) in [6, 6.07) is 16.8. The third-order valence-electron chi connectivity index (χ3n) is 6.33. The fourth-order valence-corrected chi connectivity index (χ4v) is 4.72. The van der Waals surface area contributed by atoms with Gasteiger partial charge in [0.1, 0.15) is 0 Å². The average molecular weight is 414 g/mol. The van der Waals surface area contributed by atoms with Crippen molar-refractivity contribution >= 4 is 16.9 Å². The van der Waals surface area contributed by atoms with E-state index in [-0.39, 0.29) is 5.91 Å². The number of hydrogen-bond donors (Lipinski definition) is 1. The van der Waals surface area contributed by atoms with Crippen LogP contribution in [0.2, 0.25) is 0 Å². The van der Waals surface area contributed by atoms with Gasteiger partial charge in [0.25, 0.3) is 0 Å². The van der Waals surface area contributed by atoms with Gasteiger partial charge in [-0.05, 0) is 49.4 Å². The second kappa shape index (κ2) is 8.38. The summed E-state index contributed by atoms with van der Waals surface area (Å²) in [5, 5.41) is 6.85. The third kappa shape index (κ3) is 4.10. The number of hydrogen-bond acceptors (Lipinski definition) is 3. The number of aromatic nitrogens is 4. The van der Waals surface area contributed by atoms with Crippen LogP contribution in [0.5, 0.6) is 0 Å². The van der Waals surface area contributed by atoms with Crippen molar-refractivity contribution in [3.63, 3.8) is 0 Å². The van der Waals surface area contributed by atoms with Crippen LogP contribution in [-0.4, -0.2) is 43.1 Å². The summed E-state index contributed by atoms with van der Waals surface area (Å²) in [5.74, 6) is 0.725. The maximum absolute atomic E-state index is 12.8. The van der Waals surface area contributed by atoms with Crippen LogP contribution >= 0.6 is 0 Å². The van der Waals surface area contributed by atoms with Gasteiger partial charge in [-0.2, -0.15) is 5.10 Å². The molecule has 1 N–H and O–H groups in total. The fourth-order valence-electron chi connectivity index (χ4n) is 4.72. The second-order valence-electron chi connectivity index (χ2n) is 8.54. The predicted molar refractivity (Wildman–Crippen MR) is 121 cm³/mol. The zero-order valence-electron chi connectivity index (χ0n) is 17.7. The first-order chi connectivity index (χ1) is 15.2. The quantitative estimate of drug-likeness (QED) is 0.513. The van der Waals surface area contributed by atoms with Gasteiger partial charge >= 0.3 is 0 Å². The number of pyridine rings is 1. The number of nitrogens with zero attached hydrogens (tertiary/aromatic N) is 4. The molecule has 4 heterocycles. The minimum absolute atomic E-state index is 0.266. The van der Waals surface area contributed by atoms with Crippen LogP contribution in [0.1, 0.15) is 25.3 Å². The van der Waals surface area contributed by atoms with E-state index in [0.29, 0.717) is 18.4 Å². The molecule has 5 rings (SSSR count). The SMILES string of the molecule is C[C@H]1C[C@H](Cn2ccc3nc(-c4cn[nH]c4)ccc32)CN1C(=O)CCc1ccccc1. The highest BCUT2D eigenvalue weighted by Gasteiger charge is 2.32. The molecule has 6 heteroatoms. The van der Waals surface area contributed by atoms with Crippen molar-refractivity contribution in [1.29, 1.82) is 0 Å². The molecule has 1 fully saturated rings. The van der Waals surface area contributed by atoms with Crippen LogP contribution in [0, 0.1) is 5.92 Å². The standard InChI is InChI=1S/C25H27N5O/c1-18-13-20(17-30(18)25(31)10-7-19-5-3-2-4-6-19)16-29-12-11-23-24(29)9-8-22(28-23)21-14-26-27-15-21/h2-6,8-9,11-12,14-15,18,20H,7,10,13,16-17H2,1H3,(H,26,27)/t18-,20+/m0/s1. The lowest BCUT2D eigenvalue weighted by atomic mass is 10.1. The molecule has 4 aromatic rings. The van der Waals surface area contributed by atoms with Gasteiger partial charge in [0.15, 0.2) is 0 Å². The Morgan fingerprint density at radius 1 is 1.16 bits per heavy atom. The summed E-state index contributed by atoms with van der Waals surface area (Å²) < 4.78 is 2.27. The van der Waals surface area contributed by atoms with Crippen molar-refractivity contribution in [1.82, 2.24) is 24.6 Å². The molecule has 1 aliphatic heterocycles. The van der Waals surface area contributed by atoms with E-state index in [0.717, 1.165) is 48.2 Å². The number of amides is 1. The zero-order chi connectivity index (χ0) is 21.2. The van der Waals surface area contributed by atoms with Gasteiger partial charge < -0.3 is 9.47 Å². The average Bonchev–Trinajstić information content (AvgIpc) is 3.53. The molecule has 1 aromatic carbocycles.